The zero-order chi connectivity index (χ0) is 22.8. The first-order valence-corrected chi connectivity index (χ1v) is 10.9. The molecule has 1 aliphatic carbocycles. The molecular formula is C24H31NO6. The zero-order valence-electron chi connectivity index (χ0n) is 18.9. The number of esters is 1. The summed E-state index contributed by atoms with van der Waals surface area (Å²) in [4.78, 5) is 37.6. The molecular weight excluding hydrogens is 398 g/mol. The van der Waals surface area contributed by atoms with Crippen molar-refractivity contribution in [3.8, 4) is 5.75 Å². The van der Waals surface area contributed by atoms with Crippen LogP contribution in [0.25, 0.3) is 11.0 Å². The van der Waals surface area contributed by atoms with Crippen molar-refractivity contribution >= 4 is 23.0 Å². The van der Waals surface area contributed by atoms with E-state index in [1.165, 1.54) is 0 Å². The van der Waals surface area contributed by atoms with Gasteiger partial charge >= 0.3 is 17.7 Å². The number of amides is 1. The number of carbonyl (C=O) groups excluding carboxylic acids is 2. The lowest BCUT2D eigenvalue weighted by molar-refractivity contribution is -0.136. The van der Waals surface area contributed by atoms with Gasteiger partial charge in [0.1, 0.15) is 23.0 Å². The summed E-state index contributed by atoms with van der Waals surface area (Å²) in [6, 6.07) is 2.71. The van der Waals surface area contributed by atoms with Gasteiger partial charge in [-0.1, -0.05) is 13.3 Å². The van der Waals surface area contributed by atoms with Gasteiger partial charge in [0, 0.05) is 5.56 Å². The van der Waals surface area contributed by atoms with Crippen molar-refractivity contribution in [3.63, 3.8) is 0 Å². The van der Waals surface area contributed by atoms with E-state index in [0.717, 1.165) is 30.4 Å². The van der Waals surface area contributed by atoms with E-state index in [2.05, 4.69) is 5.32 Å². The Morgan fingerprint density at radius 3 is 2.48 bits per heavy atom. The second kappa shape index (κ2) is 9.12. The summed E-state index contributed by atoms with van der Waals surface area (Å²) >= 11 is 0. The highest BCUT2D eigenvalue weighted by Gasteiger charge is 2.27. The molecule has 7 heteroatoms. The van der Waals surface area contributed by atoms with Crippen molar-refractivity contribution < 1.29 is 23.5 Å². The van der Waals surface area contributed by atoms with Crippen LogP contribution in [-0.4, -0.2) is 23.7 Å². The van der Waals surface area contributed by atoms with Crippen LogP contribution < -0.4 is 15.7 Å². The molecule has 3 rings (SSSR count). The Kier molecular flexibility index (Phi) is 6.72. The highest BCUT2D eigenvalue weighted by molar-refractivity contribution is 5.92. The number of benzene rings is 1. The summed E-state index contributed by atoms with van der Waals surface area (Å²) in [5.74, 6) is -0.218. The fraction of sp³-hybridized carbons (Fsp3) is 0.542. The van der Waals surface area contributed by atoms with E-state index < -0.39 is 23.7 Å². The molecule has 1 N–H and O–H groups in total. The van der Waals surface area contributed by atoms with E-state index in [-0.39, 0.29) is 5.63 Å². The fourth-order valence-electron chi connectivity index (χ4n) is 3.91. The number of alkyl carbamates (subject to hydrolysis) is 1. The van der Waals surface area contributed by atoms with Gasteiger partial charge < -0.3 is 19.2 Å². The molecule has 1 heterocycles. The largest absolute Gasteiger partial charge is 0.444 e. The van der Waals surface area contributed by atoms with Crippen LogP contribution >= 0.6 is 0 Å². The Hall–Kier alpha value is -2.83. The maximum atomic E-state index is 13.0. The molecule has 0 bridgehead atoms. The van der Waals surface area contributed by atoms with E-state index in [4.69, 9.17) is 13.9 Å². The van der Waals surface area contributed by atoms with Crippen LogP contribution in [0.2, 0.25) is 0 Å². The minimum absolute atomic E-state index is 0.319. The third-order valence-electron chi connectivity index (χ3n) is 5.19. The predicted octanol–water partition coefficient (Wildman–Crippen LogP) is 4.58. The second-order valence-electron chi connectivity index (χ2n) is 9.10. The summed E-state index contributed by atoms with van der Waals surface area (Å²) < 4.78 is 16.6. The molecule has 0 fully saturated rings. The number of hydrogen-bond acceptors (Lipinski definition) is 6. The topological polar surface area (TPSA) is 94.8 Å². The van der Waals surface area contributed by atoms with E-state index >= 15 is 0 Å². The Labute approximate surface area is 182 Å². The molecule has 0 radical (unpaired) electrons. The van der Waals surface area contributed by atoms with Crippen LogP contribution in [0.15, 0.2) is 21.3 Å². The molecule has 7 nitrogen and oxygen atoms in total. The molecule has 0 saturated heterocycles. The molecule has 1 aliphatic rings. The molecule has 168 valence electrons. The number of fused-ring (bicyclic) bond motifs is 3. The van der Waals surface area contributed by atoms with Crippen LogP contribution in [0.1, 0.15) is 70.1 Å². The zero-order valence-corrected chi connectivity index (χ0v) is 18.9. The van der Waals surface area contributed by atoms with Gasteiger partial charge in [0.15, 0.2) is 0 Å². The Bertz CT molecular complexity index is 1050. The van der Waals surface area contributed by atoms with Crippen molar-refractivity contribution in [3.05, 3.63) is 39.2 Å². The standard InChI is InChI=1S/C24H31NO6/c1-6-9-17(25-23(28)31-24(3,4)5)22(27)30-19-13-14(2)12-18-20(19)15-10-7-8-11-16(15)21(26)29-18/h12-13,17H,6-11H2,1-5H3,(H,25,28)/t17-/m1/s1. The summed E-state index contributed by atoms with van der Waals surface area (Å²) in [5, 5.41) is 3.29. The van der Waals surface area contributed by atoms with Crippen molar-refractivity contribution in [1.29, 1.82) is 0 Å². The van der Waals surface area contributed by atoms with E-state index in [0.29, 0.717) is 41.5 Å². The average molecular weight is 430 g/mol. The highest BCUT2D eigenvalue weighted by Crippen LogP contribution is 2.34. The maximum Gasteiger partial charge on any atom is 0.408 e. The first kappa shape index (κ1) is 22.8. The van der Waals surface area contributed by atoms with E-state index in [1.807, 2.05) is 13.8 Å². The lowest BCUT2D eigenvalue weighted by atomic mass is 9.90. The minimum Gasteiger partial charge on any atom is -0.444 e. The highest BCUT2D eigenvalue weighted by atomic mass is 16.6. The Morgan fingerprint density at radius 1 is 1.16 bits per heavy atom. The van der Waals surface area contributed by atoms with Gasteiger partial charge in [-0.3, -0.25) is 0 Å². The monoisotopic (exact) mass is 429 g/mol. The molecule has 2 aromatic rings. The van der Waals surface area contributed by atoms with E-state index in [1.54, 1.807) is 32.9 Å². The molecule has 0 saturated carbocycles. The van der Waals surface area contributed by atoms with Gasteiger partial charge in [-0.05, 0) is 83.1 Å². The predicted molar refractivity (Wildman–Crippen MR) is 118 cm³/mol. The van der Waals surface area contributed by atoms with Crippen LogP contribution in [0.3, 0.4) is 0 Å². The van der Waals surface area contributed by atoms with Gasteiger partial charge in [0.2, 0.25) is 0 Å². The second-order valence-corrected chi connectivity index (χ2v) is 9.10. The van der Waals surface area contributed by atoms with Gasteiger partial charge in [-0.15, -0.1) is 0 Å². The van der Waals surface area contributed by atoms with Crippen LogP contribution in [-0.2, 0) is 22.4 Å². The minimum atomic E-state index is -0.845. The number of ether oxygens (including phenoxy) is 2. The number of nitrogens with one attached hydrogen (secondary N) is 1. The average Bonchev–Trinajstić information content (AvgIpc) is 2.65. The SMILES string of the molecule is CCC[C@@H](NC(=O)OC(C)(C)C)C(=O)Oc1cc(C)cc2oc(=O)c3c(c12)CCCC3. The summed E-state index contributed by atoms with van der Waals surface area (Å²) in [6.45, 7) is 9.05. The number of hydrogen-bond donors (Lipinski definition) is 1. The molecule has 0 spiro atoms. The van der Waals surface area contributed by atoms with Gasteiger partial charge in [0.05, 0.1) is 5.39 Å². The van der Waals surface area contributed by atoms with E-state index in [9.17, 15) is 14.4 Å². The smallest absolute Gasteiger partial charge is 0.408 e. The third-order valence-corrected chi connectivity index (χ3v) is 5.19. The molecule has 0 unspecified atom stereocenters. The number of aryl methyl sites for hydroxylation is 2. The van der Waals surface area contributed by atoms with Crippen LogP contribution in [0, 0.1) is 6.92 Å². The molecule has 0 aliphatic heterocycles. The van der Waals surface area contributed by atoms with Gasteiger partial charge in [-0.25, -0.2) is 14.4 Å². The number of rotatable bonds is 5. The fourth-order valence-corrected chi connectivity index (χ4v) is 3.91. The molecule has 1 aromatic carbocycles. The lowest BCUT2D eigenvalue weighted by Gasteiger charge is -2.23. The van der Waals surface area contributed by atoms with Crippen molar-refractivity contribution in [1.82, 2.24) is 5.32 Å². The summed E-state index contributed by atoms with van der Waals surface area (Å²) in [7, 11) is 0. The molecule has 1 aromatic heterocycles. The summed E-state index contributed by atoms with van der Waals surface area (Å²) in [5.41, 5.74) is 1.79. The van der Waals surface area contributed by atoms with Crippen LogP contribution in [0.4, 0.5) is 4.79 Å². The summed E-state index contributed by atoms with van der Waals surface area (Å²) in [6.07, 6.45) is 3.71. The van der Waals surface area contributed by atoms with Crippen molar-refractivity contribution in [2.75, 3.05) is 0 Å². The number of carbonyl (C=O) groups is 2. The first-order valence-electron chi connectivity index (χ1n) is 10.9. The molecule has 1 amide bonds. The first-order chi connectivity index (χ1) is 14.6. The quantitative estimate of drug-likeness (QED) is 0.425. The molecule has 31 heavy (non-hydrogen) atoms. The van der Waals surface area contributed by atoms with Crippen LogP contribution in [0.5, 0.6) is 5.75 Å². The maximum absolute atomic E-state index is 13.0. The van der Waals surface area contributed by atoms with Crippen molar-refractivity contribution in [2.45, 2.75) is 84.8 Å². The Morgan fingerprint density at radius 2 is 1.84 bits per heavy atom. The Balaban J connectivity index is 1.94. The van der Waals surface area contributed by atoms with Crippen molar-refractivity contribution in [2.24, 2.45) is 0 Å². The lowest BCUT2D eigenvalue weighted by Crippen LogP contribution is -2.45. The molecule has 1 atom stereocenters. The van der Waals surface area contributed by atoms with Gasteiger partial charge in [0.25, 0.3) is 0 Å². The normalized spacial score (nSPS) is 14.6. The van der Waals surface area contributed by atoms with Gasteiger partial charge in [-0.2, -0.15) is 0 Å². The third kappa shape index (κ3) is 5.46.